The Kier molecular flexibility index (Phi) is 4.63. The van der Waals surface area contributed by atoms with Crippen LogP contribution in [0.1, 0.15) is 12.6 Å². The molecule has 6 heteroatoms. The summed E-state index contributed by atoms with van der Waals surface area (Å²) in [5.74, 6) is -0.119. The van der Waals surface area contributed by atoms with Gasteiger partial charge in [-0.15, -0.1) is 5.10 Å². The van der Waals surface area contributed by atoms with Gasteiger partial charge in [0.15, 0.2) is 0 Å². The summed E-state index contributed by atoms with van der Waals surface area (Å²) < 4.78 is 1.53. The summed E-state index contributed by atoms with van der Waals surface area (Å²) in [6, 6.07) is 9.34. The summed E-state index contributed by atoms with van der Waals surface area (Å²) in [5.41, 5.74) is 1.61. The van der Waals surface area contributed by atoms with Gasteiger partial charge in [-0.25, -0.2) is 4.68 Å². The maximum Gasteiger partial charge on any atom is 0.246 e. The minimum atomic E-state index is -0.119. The van der Waals surface area contributed by atoms with Crippen LogP contribution in [0.15, 0.2) is 36.5 Å². The highest BCUT2D eigenvalue weighted by Gasteiger charge is 2.06. The smallest absolute Gasteiger partial charge is 0.246 e. The second-order valence-electron chi connectivity index (χ2n) is 4.10. The molecule has 6 nitrogen and oxygen atoms in total. The molecule has 1 heterocycles. The monoisotopic (exact) mass is 259 g/mol. The van der Waals surface area contributed by atoms with Crippen LogP contribution >= 0.6 is 0 Å². The van der Waals surface area contributed by atoms with Crippen molar-refractivity contribution in [1.29, 1.82) is 0 Å². The summed E-state index contributed by atoms with van der Waals surface area (Å²) in [6.45, 7) is 3.73. The second-order valence-corrected chi connectivity index (χ2v) is 4.10. The molecule has 0 saturated heterocycles. The molecule has 19 heavy (non-hydrogen) atoms. The van der Waals surface area contributed by atoms with Gasteiger partial charge in [-0.2, -0.15) is 0 Å². The molecule has 2 rings (SSSR count). The van der Waals surface area contributed by atoms with Crippen LogP contribution in [0.2, 0.25) is 0 Å². The van der Waals surface area contributed by atoms with E-state index in [-0.39, 0.29) is 12.5 Å². The van der Waals surface area contributed by atoms with E-state index in [1.165, 1.54) is 4.68 Å². The average molecular weight is 259 g/mol. The number of hydrogen-bond acceptors (Lipinski definition) is 4. The Labute approximate surface area is 111 Å². The molecular formula is C13H17N5O. The number of para-hydroxylation sites is 1. The van der Waals surface area contributed by atoms with Gasteiger partial charge in [-0.05, 0) is 18.7 Å². The van der Waals surface area contributed by atoms with E-state index in [0.29, 0.717) is 6.54 Å². The number of carbonyl (C=O) groups is 1. The lowest BCUT2D eigenvalue weighted by Gasteiger charge is -2.04. The van der Waals surface area contributed by atoms with Gasteiger partial charge in [0, 0.05) is 12.2 Å². The van der Waals surface area contributed by atoms with Crippen molar-refractivity contribution in [3.8, 4) is 0 Å². The van der Waals surface area contributed by atoms with E-state index in [4.69, 9.17) is 0 Å². The molecule has 0 atom stereocenters. The van der Waals surface area contributed by atoms with Crippen molar-refractivity contribution in [3.63, 3.8) is 0 Å². The molecule has 1 aromatic carbocycles. The highest BCUT2D eigenvalue weighted by atomic mass is 16.2. The zero-order valence-corrected chi connectivity index (χ0v) is 10.8. The number of amides is 1. The fourth-order valence-electron chi connectivity index (χ4n) is 1.62. The molecule has 0 bridgehead atoms. The summed E-state index contributed by atoms with van der Waals surface area (Å²) in [6.07, 6.45) is 1.77. The number of anilines is 1. The molecule has 0 spiro atoms. The van der Waals surface area contributed by atoms with Crippen LogP contribution < -0.4 is 10.6 Å². The number of carbonyl (C=O) groups excluding carboxylic acids is 1. The van der Waals surface area contributed by atoms with Gasteiger partial charge in [-0.1, -0.05) is 30.3 Å². The van der Waals surface area contributed by atoms with Gasteiger partial charge in [-0.3, -0.25) is 4.79 Å². The van der Waals surface area contributed by atoms with Crippen LogP contribution in [-0.2, 0) is 17.9 Å². The molecule has 0 fully saturated rings. The Morgan fingerprint density at radius 2 is 2.11 bits per heavy atom. The zero-order chi connectivity index (χ0) is 13.5. The number of nitrogens with zero attached hydrogens (tertiary/aromatic N) is 3. The molecular weight excluding hydrogens is 242 g/mol. The quantitative estimate of drug-likeness (QED) is 0.812. The predicted molar refractivity (Wildman–Crippen MR) is 72.5 cm³/mol. The average Bonchev–Trinajstić information content (AvgIpc) is 2.85. The fraction of sp³-hybridized carbons (Fsp3) is 0.308. The maximum absolute atomic E-state index is 11.8. The third kappa shape index (κ3) is 4.18. The standard InChI is InChI=1S/C13H17N5O/c1-2-14-8-12-9-18(17-16-12)10-13(19)15-11-6-4-3-5-7-11/h3-7,9,14H,2,8,10H2,1H3,(H,15,19). The van der Waals surface area contributed by atoms with Gasteiger partial charge >= 0.3 is 0 Å². The third-order valence-electron chi connectivity index (χ3n) is 2.51. The van der Waals surface area contributed by atoms with E-state index in [1.54, 1.807) is 6.20 Å². The first kappa shape index (κ1) is 13.2. The van der Waals surface area contributed by atoms with E-state index in [9.17, 15) is 4.79 Å². The van der Waals surface area contributed by atoms with Crippen molar-refractivity contribution in [1.82, 2.24) is 20.3 Å². The maximum atomic E-state index is 11.8. The molecule has 2 aromatic rings. The Morgan fingerprint density at radius 1 is 1.32 bits per heavy atom. The van der Waals surface area contributed by atoms with E-state index in [2.05, 4.69) is 20.9 Å². The van der Waals surface area contributed by atoms with Crippen molar-refractivity contribution in [2.75, 3.05) is 11.9 Å². The van der Waals surface area contributed by atoms with Crippen molar-refractivity contribution in [2.24, 2.45) is 0 Å². The number of nitrogens with one attached hydrogen (secondary N) is 2. The Balaban J connectivity index is 1.86. The molecule has 0 saturated carbocycles. The van der Waals surface area contributed by atoms with Crippen LogP contribution in [0.3, 0.4) is 0 Å². The van der Waals surface area contributed by atoms with Gasteiger partial charge in [0.25, 0.3) is 0 Å². The molecule has 0 aliphatic carbocycles. The van der Waals surface area contributed by atoms with Crippen molar-refractivity contribution >= 4 is 11.6 Å². The highest BCUT2D eigenvalue weighted by molar-refractivity contribution is 5.90. The zero-order valence-electron chi connectivity index (χ0n) is 10.8. The summed E-state index contributed by atoms with van der Waals surface area (Å²) in [4.78, 5) is 11.8. The molecule has 100 valence electrons. The van der Waals surface area contributed by atoms with E-state index in [0.717, 1.165) is 17.9 Å². The van der Waals surface area contributed by atoms with Gasteiger partial charge in [0.1, 0.15) is 6.54 Å². The van der Waals surface area contributed by atoms with Crippen LogP contribution in [0.4, 0.5) is 5.69 Å². The Morgan fingerprint density at radius 3 is 2.84 bits per heavy atom. The summed E-state index contributed by atoms with van der Waals surface area (Å²) >= 11 is 0. The molecule has 0 unspecified atom stereocenters. The third-order valence-corrected chi connectivity index (χ3v) is 2.51. The molecule has 0 aliphatic heterocycles. The second kappa shape index (κ2) is 6.65. The normalized spacial score (nSPS) is 10.4. The molecule has 1 aromatic heterocycles. The van der Waals surface area contributed by atoms with Crippen LogP contribution in [0.5, 0.6) is 0 Å². The van der Waals surface area contributed by atoms with Gasteiger partial charge < -0.3 is 10.6 Å². The number of aromatic nitrogens is 3. The van der Waals surface area contributed by atoms with E-state index >= 15 is 0 Å². The van der Waals surface area contributed by atoms with E-state index in [1.807, 2.05) is 37.3 Å². The SMILES string of the molecule is CCNCc1cn(CC(=O)Nc2ccccc2)nn1. The lowest BCUT2D eigenvalue weighted by atomic mass is 10.3. The number of rotatable bonds is 6. The minimum absolute atomic E-state index is 0.119. The lowest BCUT2D eigenvalue weighted by molar-refractivity contribution is -0.116. The van der Waals surface area contributed by atoms with Crippen LogP contribution in [0.25, 0.3) is 0 Å². The largest absolute Gasteiger partial charge is 0.324 e. The first-order valence-corrected chi connectivity index (χ1v) is 6.22. The lowest BCUT2D eigenvalue weighted by Crippen LogP contribution is -2.19. The minimum Gasteiger partial charge on any atom is -0.324 e. The van der Waals surface area contributed by atoms with Gasteiger partial charge in [0.05, 0.1) is 11.9 Å². The van der Waals surface area contributed by atoms with Crippen molar-refractivity contribution in [3.05, 3.63) is 42.2 Å². The molecule has 2 N–H and O–H groups in total. The first-order valence-electron chi connectivity index (χ1n) is 6.22. The Hall–Kier alpha value is -2.21. The van der Waals surface area contributed by atoms with E-state index < -0.39 is 0 Å². The summed E-state index contributed by atoms with van der Waals surface area (Å²) in [7, 11) is 0. The highest BCUT2D eigenvalue weighted by Crippen LogP contribution is 2.04. The van der Waals surface area contributed by atoms with Crippen LogP contribution in [0, 0.1) is 0 Å². The summed E-state index contributed by atoms with van der Waals surface area (Å²) in [5, 5.41) is 13.9. The predicted octanol–water partition coefficient (Wildman–Crippen LogP) is 1.03. The Bertz CT molecular complexity index is 523. The number of benzene rings is 1. The van der Waals surface area contributed by atoms with Gasteiger partial charge in [0.2, 0.25) is 5.91 Å². The molecule has 0 aliphatic rings. The molecule has 1 amide bonds. The molecule has 0 radical (unpaired) electrons. The number of hydrogen-bond donors (Lipinski definition) is 2. The topological polar surface area (TPSA) is 71.8 Å². The van der Waals surface area contributed by atoms with Crippen molar-refractivity contribution < 1.29 is 4.79 Å². The van der Waals surface area contributed by atoms with Crippen molar-refractivity contribution in [2.45, 2.75) is 20.0 Å². The van der Waals surface area contributed by atoms with Crippen LogP contribution in [-0.4, -0.2) is 27.4 Å². The fourth-order valence-corrected chi connectivity index (χ4v) is 1.62. The first-order chi connectivity index (χ1) is 9.28.